The third kappa shape index (κ3) is 50.5. The summed E-state index contributed by atoms with van der Waals surface area (Å²) in [4.78, 5) is 38.0. The second kappa shape index (κ2) is 53.2. The third-order valence-corrected chi connectivity index (χ3v) is 10.4. The van der Waals surface area contributed by atoms with Gasteiger partial charge in [0.05, 0.1) is 0 Å². The number of hydrogen-bond donors (Lipinski definition) is 0. The SMILES string of the molecule is CC/C=C\C/C=C\C/C=C\C/C=C\C/C=C\CCC(=O)OCC(COC(=O)CCCCC/C=C\C=C/CCCCCCCCC)OC(=O)CCCCC/C=C\C/C=C\C/C=C\C/C=C\CC. The first kappa shape index (κ1) is 61.5. The topological polar surface area (TPSA) is 78.9 Å². The van der Waals surface area contributed by atoms with E-state index in [0.29, 0.717) is 19.3 Å². The Morgan fingerprint density at radius 3 is 1.11 bits per heavy atom. The van der Waals surface area contributed by atoms with Crippen molar-refractivity contribution in [2.75, 3.05) is 13.2 Å². The van der Waals surface area contributed by atoms with E-state index in [1.165, 1.54) is 44.9 Å². The number of allylic oxidation sites excluding steroid dienone is 22. The normalized spacial score (nSPS) is 13.2. The predicted molar refractivity (Wildman–Crippen MR) is 283 cm³/mol. The summed E-state index contributed by atoms with van der Waals surface area (Å²) >= 11 is 0. The van der Waals surface area contributed by atoms with E-state index in [4.69, 9.17) is 14.2 Å². The van der Waals surface area contributed by atoms with Crippen molar-refractivity contribution in [3.8, 4) is 0 Å². The van der Waals surface area contributed by atoms with Crippen molar-refractivity contribution >= 4 is 17.9 Å². The molecule has 0 N–H and O–H groups in total. The van der Waals surface area contributed by atoms with Crippen molar-refractivity contribution in [1.82, 2.24) is 0 Å². The molecule has 0 amide bonds. The van der Waals surface area contributed by atoms with Gasteiger partial charge in [0, 0.05) is 19.3 Å². The smallest absolute Gasteiger partial charge is 0.306 e. The van der Waals surface area contributed by atoms with Crippen LogP contribution in [0, 0.1) is 0 Å². The van der Waals surface area contributed by atoms with Gasteiger partial charge >= 0.3 is 17.9 Å². The van der Waals surface area contributed by atoms with Gasteiger partial charge < -0.3 is 14.2 Å². The number of unbranched alkanes of at least 4 members (excludes halogenated alkanes) is 13. The summed E-state index contributed by atoms with van der Waals surface area (Å²) in [6.07, 6.45) is 74.5. The molecule has 0 aromatic carbocycles. The molecule has 0 aromatic rings. The number of carbonyl (C=O) groups excluding carboxylic acids is 3. The summed E-state index contributed by atoms with van der Waals surface area (Å²) in [5.41, 5.74) is 0. The van der Waals surface area contributed by atoms with Crippen LogP contribution in [0.15, 0.2) is 134 Å². The Bertz CT molecular complexity index is 1460. The van der Waals surface area contributed by atoms with Gasteiger partial charge in [-0.05, 0) is 116 Å². The Hall–Kier alpha value is -4.45. The first-order valence-electron chi connectivity index (χ1n) is 26.2. The van der Waals surface area contributed by atoms with Crippen LogP contribution in [0.25, 0.3) is 0 Å². The van der Waals surface area contributed by atoms with Gasteiger partial charge in [-0.25, -0.2) is 0 Å². The summed E-state index contributed by atoms with van der Waals surface area (Å²) in [5.74, 6) is -1.08. The van der Waals surface area contributed by atoms with E-state index in [2.05, 4.69) is 142 Å². The first-order valence-corrected chi connectivity index (χ1v) is 26.2. The highest BCUT2D eigenvalue weighted by Gasteiger charge is 2.19. The van der Waals surface area contributed by atoms with Crippen molar-refractivity contribution in [3.63, 3.8) is 0 Å². The lowest BCUT2D eigenvalue weighted by Gasteiger charge is -2.18. The molecule has 1 atom stereocenters. The van der Waals surface area contributed by atoms with Crippen LogP contribution in [0.4, 0.5) is 0 Å². The molecular weight excluding hydrogens is 817 g/mol. The summed E-state index contributed by atoms with van der Waals surface area (Å²) < 4.78 is 16.7. The van der Waals surface area contributed by atoms with E-state index in [1.54, 1.807) is 0 Å². The molecule has 0 fully saturated rings. The maximum Gasteiger partial charge on any atom is 0.306 e. The average Bonchev–Trinajstić information content (AvgIpc) is 3.31. The average molecular weight is 911 g/mol. The van der Waals surface area contributed by atoms with Gasteiger partial charge in [-0.2, -0.15) is 0 Å². The van der Waals surface area contributed by atoms with Crippen molar-refractivity contribution in [2.24, 2.45) is 0 Å². The Balaban J connectivity index is 4.62. The largest absolute Gasteiger partial charge is 0.462 e. The molecule has 0 aliphatic rings. The maximum atomic E-state index is 12.8. The molecule has 6 nitrogen and oxygen atoms in total. The van der Waals surface area contributed by atoms with E-state index in [1.807, 2.05) is 12.2 Å². The highest BCUT2D eigenvalue weighted by molar-refractivity contribution is 5.71. The van der Waals surface area contributed by atoms with Gasteiger partial charge in [0.1, 0.15) is 13.2 Å². The molecule has 1 unspecified atom stereocenters. The second-order valence-corrected chi connectivity index (χ2v) is 16.7. The van der Waals surface area contributed by atoms with Gasteiger partial charge in [-0.3, -0.25) is 14.4 Å². The summed E-state index contributed by atoms with van der Waals surface area (Å²) in [6.45, 7) is 6.27. The molecule has 0 radical (unpaired) electrons. The molecule has 0 aliphatic carbocycles. The van der Waals surface area contributed by atoms with Crippen LogP contribution in [0.1, 0.15) is 207 Å². The van der Waals surface area contributed by atoms with E-state index in [9.17, 15) is 14.4 Å². The predicted octanol–water partition coefficient (Wildman–Crippen LogP) is 17.5. The molecule has 0 aliphatic heterocycles. The Labute approximate surface area is 405 Å². The molecule has 6 heteroatoms. The minimum atomic E-state index is -0.840. The fourth-order valence-corrected chi connectivity index (χ4v) is 6.53. The van der Waals surface area contributed by atoms with Crippen LogP contribution in [0.3, 0.4) is 0 Å². The van der Waals surface area contributed by atoms with Crippen LogP contribution >= 0.6 is 0 Å². The van der Waals surface area contributed by atoms with Gasteiger partial charge in [-0.1, -0.05) is 206 Å². The third-order valence-electron chi connectivity index (χ3n) is 10.4. The molecule has 0 rings (SSSR count). The molecule has 0 aromatic heterocycles. The van der Waals surface area contributed by atoms with Crippen molar-refractivity contribution in [3.05, 3.63) is 134 Å². The number of rotatable bonds is 45. The first-order chi connectivity index (χ1) is 32.5. The van der Waals surface area contributed by atoms with E-state index < -0.39 is 6.10 Å². The van der Waals surface area contributed by atoms with Gasteiger partial charge in [0.25, 0.3) is 0 Å². The molecule has 66 heavy (non-hydrogen) atoms. The van der Waals surface area contributed by atoms with E-state index in [-0.39, 0.29) is 44.0 Å². The number of hydrogen-bond acceptors (Lipinski definition) is 6. The van der Waals surface area contributed by atoms with Crippen LogP contribution in [-0.4, -0.2) is 37.2 Å². The number of carbonyl (C=O) groups is 3. The quantitative estimate of drug-likeness (QED) is 0.0199. The van der Waals surface area contributed by atoms with Crippen molar-refractivity contribution in [2.45, 2.75) is 213 Å². The standard InChI is InChI=1S/C60H94O6/c1-4-7-10-13-16-19-22-25-28-31-34-37-40-43-46-49-52-58(61)64-55-57(66-60(63)54-51-48-45-42-39-36-33-30-27-24-21-18-15-12-9-6-3)56-65-59(62)53-50-47-44-41-38-35-32-29-26-23-20-17-14-11-8-5-2/h7,9-10,12,16,18-19,21,25,27-30,32,34-39,43,46,57H,4-6,8,11,13-15,17,20,22-24,26,31,33,40-42,44-45,47-56H2,1-3H3/b10-7-,12-9-,19-16-,21-18-,28-25-,30-27-,32-29-,37-34-,38-35-,39-36-,46-43-. The van der Waals surface area contributed by atoms with Crippen LogP contribution in [0.2, 0.25) is 0 Å². The maximum absolute atomic E-state index is 12.8. The number of ether oxygens (including phenoxy) is 3. The van der Waals surface area contributed by atoms with Gasteiger partial charge in [0.15, 0.2) is 6.10 Å². The molecule has 0 heterocycles. The summed E-state index contributed by atoms with van der Waals surface area (Å²) in [5, 5.41) is 0. The van der Waals surface area contributed by atoms with Crippen LogP contribution < -0.4 is 0 Å². The molecule has 0 bridgehead atoms. The van der Waals surface area contributed by atoms with Crippen LogP contribution in [-0.2, 0) is 28.6 Å². The zero-order chi connectivity index (χ0) is 47.9. The minimum Gasteiger partial charge on any atom is -0.462 e. The lowest BCUT2D eigenvalue weighted by atomic mass is 10.1. The molecular formula is C60H94O6. The highest BCUT2D eigenvalue weighted by atomic mass is 16.6. The van der Waals surface area contributed by atoms with Gasteiger partial charge in [-0.15, -0.1) is 0 Å². The number of esters is 3. The fraction of sp³-hybridized carbons (Fsp3) is 0.583. The minimum absolute atomic E-state index is 0.133. The molecule has 0 spiro atoms. The fourth-order valence-electron chi connectivity index (χ4n) is 6.53. The summed E-state index contributed by atoms with van der Waals surface area (Å²) in [6, 6.07) is 0. The highest BCUT2D eigenvalue weighted by Crippen LogP contribution is 2.11. The summed E-state index contributed by atoms with van der Waals surface area (Å²) in [7, 11) is 0. The van der Waals surface area contributed by atoms with E-state index >= 15 is 0 Å². The monoisotopic (exact) mass is 911 g/mol. The molecule has 0 saturated heterocycles. The Morgan fingerprint density at radius 2 is 0.667 bits per heavy atom. The zero-order valence-electron chi connectivity index (χ0n) is 42.1. The lowest BCUT2D eigenvalue weighted by Crippen LogP contribution is -2.30. The zero-order valence-corrected chi connectivity index (χ0v) is 42.1. The second-order valence-electron chi connectivity index (χ2n) is 16.7. The van der Waals surface area contributed by atoms with Gasteiger partial charge in [0.2, 0.25) is 0 Å². The lowest BCUT2D eigenvalue weighted by molar-refractivity contribution is -0.166. The Kier molecular flexibility index (Phi) is 49.6. The van der Waals surface area contributed by atoms with Crippen molar-refractivity contribution < 1.29 is 28.6 Å². The molecule has 0 saturated carbocycles. The van der Waals surface area contributed by atoms with E-state index in [0.717, 1.165) is 109 Å². The Morgan fingerprint density at radius 1 is 0.333 bits per heavy atom. The molecule has 370 valence electrons. The van der Waals surface area contributed by atoms with Crippen LogP contribution in [0.5, 0.6) is 0 Å². The van der Waals surface area contributed by atoms with Crippen molar-refractivity contribution in [1.29, 1.82) is 0 Å².